The van der Waals surface area contributed by atoms with Crippen LogP contribution in [0.15, 0.2) is 35.3 Å². The van der Waals surface area contributed by atoms with Gasteiger partial charge in [-0.15, -0.1) is 0 Å². The van der Waals surface area contributed by atoms with Crippen molar-refractivity contribution in [1.82, 2.24) is 16.0 Å². The smallest absolute Gasteiger partial charge is 0.328 e. The van der Waals surface area contributed by atoms with Crippen molar-refractivity contribution in [3.8, 4) is 0 Å². The van der Waals surface area contributed by atoms with Gasteiger partial charge in [0.1, 0.15) is 12.1 Å². The number of nitrogens with one attached hydrogen (secondary N) is 3. The minimum Gasteiger partial charge on any atom is -0.480 e. The average molecular weight is 563 g/mol. The predicted molar refractivity (Wildman–Crippen MR) is 154 cm³/mol. The van der Waals surface area contributed by atoms with Gasteiger partial charge in [-0.05, 0) is 76.4 Å². The van der Waals surface area contributed by atoms with Crippen LogP contribution >= 0.6 is 0 Å². The minimum absolute atomic E-state index is 0.133. The molecule has 0 saturated carbocycles. The van der Waals surface area contributed by atoms with E-state index >= 15 is 0 Å². The first-order chi connectivity index (χ1) is 19.2. The number of carbonyl (C=O) groups excluding carboxylic acids is 3. The second kappa shape index (κ2) is 20.2. The Labute approximate surface area is 235 Å². The monoisotopic (exact) mass is 562 g/mol. The Morgan fingerprint density at radius 2 is 1.35 bits per heavy atom. The van der Waals surface area contributed by atoms with Crippen LogP contribution in [0, 0.1) is 0 Å². The summed E-state index contributed by atoms with van der Waals surface area (Å²) in [6.07, 6.45) is 4.74. The number of unbranched alkanes of at least 4 members (excludes halogenated alkanes) is 3. The zero-order chi connectivity index (χ0) is 29.8. The first-order valence-electron chi connectivity index (χ1n) is 13.8. The molecular formula is C27H46N8O5. The molecule has 12 N–H and O–H groups in total. The highest BCUT2D eigenvalue weighted by atomic mass is 16.4. The molecule has 40 heavy (non-hydrogen) atoms. The molecule has 1 rings (SSSR count). The maximum Gasteiger partial charge on any atom is 0.328 e. The van der Waals surface area contributed by atoms with E-state index in [-0.39, 0.29) is 37.2 Å². The summed E-state index contributed by atoms with van der Waals surface area (Å²) in [6, 6.07) is 6.55. The Kier molecular flexibility index (Phi) is 17.4. The highest BCUT2D eigenvalue weighted by Gasteiger charge is 2.26. The summed E-state index contributed by atoms with van der Waals surface area (Å²) in [6.45, 7) is 1.21. The molecule has 0 fully saturated rings. The lowest BCUT2D eigenvalue weighted by molar-refractivity contribution is -0.138. The van der Waals surface area contributed by atoms with E-state index in [0.717, 1.165) is 5.56 Å². The zero-order valence-electron chi connectivity index (χ0n) is 23.1. The Morgan fingerprint density at radius 1 is 0.775 bits per heavy atom. The number of amides is 3. The first kappa shape index (κ1) is 34.3. The Morgan fingerprint density at radius 3 is 1.90 bits per heavy atom. The van der Waals surface area contributed by atoms with Gasteiger partial charge in [0.05, 0.1) is 6.42 Å². The van der Waals surface area contributed by atoms with Gasteiger partial charge < -0.3 is 44.0 Å². The van der Waals surface area contributed by atoms with E-state index in [9.17, 15) is 24.3 Å². The van der Waals surface area contributed by atoms with Gasteiger partial charge in [-0.2, -0.15) is 0 Å². The number of rotatable bonds is 21. The van der Waals surface area contributed by atoms with Gasteiger partial charge in [-0.25, -0.2) is 9.79 Å². The van der Waals surface area contributed by atoms with Crippen molar-refractivity contribution < 1.29 is 24.3 Å². The number of guanidine groups is 1. The standard InChI is InChI=1S/C27H46N8O5/c28-15-7-4-12-20(24(37)32-17-9-6-14-22(26(39)40)35-27(30)31)34-25(38)21(13-5-8-16-29)33-23(36)18-19-10-2-1-3-11-19/h1-3,10-11,20-22H,4-9,12-18,28-29H2,(H,32,37)(H,33,36)(H,34,38)(H,39,40)(H4,30,31,35)/t20-,21-,22+/m0/s1. The van der Waals surface area contributed by atoms with E-state index in [2.05, 4.69) is 20.9 Å². The fourth-order valence-corrected chi connectivity index (χ4v) is 4.04. The van der Waals surface area contributed by atoms with E-state index < -0.39 is 30.0 Å². The molecule has 0 heterocycles. The molecule has 0 spiro atoms. The van der Waals surface area contributed by atoms with Gasteiger partial charge in [-0.1, -0.05) is 30.3 Å². The van der Waals surface area contributed by atoms with Crippen molar-refractivity contribution in [2.45, 2.75) is 82.3 Å². The van der Waals surface area contributed by atoms with Crippen LogP contribution in [-0.4, -0.2) is 72.5 Å². The molecule has 3 atom stereocenters. The van der Waals surface area contributed by atoms with Crippen LogP contribution in [0.5, 0.6) is 0 Å². The van der Waals surface area contributed by atoms with Gasteiger partial charge in [0.25, 0.3) is 0 Å². The molecule has 1 aromatic rings. The third-order valence-corrected chi connectivity index (χ3v) is 6.18. The molecule has 1 aromatic carbocycles. The van der Waals surface area contributed by atoms with Gasteiger partial charge in [0, 0.05) is 6.54 Å². The number of carboxylic acid groups (broad SMARTS) is 1. The summed E-state index contributed by atoms with van der Waals surface area (Å²) in [5.41, 5.74) is 22.6. The number of nitrogens with zero attached hydrogens (tertiary/aromatic N) is 1. The molecule has 0 unspecified atom stereocenters. The van der Waals surface area contributed by atoms with Gasteiger partial charge >= 0.3 is 5.97 Å². The lowest BCUT2D eigenvalue weighted by Gasteiger charge is -2.23. The number of carbonyl (C=O) groups is 4. The molecule has 0 bridgehead atoms. The van der Waals surface area contributed by atoms with Crippen molar-refractivity contribution in [3.05, 3.63) is 35.9 Å². The number of aliphatic imine (C=N–C) groups is 1. The van der Waals surface area contributed by atoms with Crippen LogP contribution in [0.1, 0.15) is 63.4 Å². The summed E-state index contributed by atoms with van der Waals surface area (Å²) >= 11 is 0. The van der Waals surface area contributed by atoms with Crippen molar-refractivity contribution in [1.29, 1.82) is 0 Å². The summed E-state index contributed by atoms with van der Waals surface area (Å²) in [5.74, 6) is -2.51. The molecule has 0 aliphatic rings. The van der Waals surface area contributed by atoms with Crippen LogP contribution in [0.2, 0.25) is 0 Å². The average Bonchev–Trinajstić information content (AvgIpc) is 2.91. The molecule has 0 aliphatic heterocycles. The number of benzene rings is 1. The molecule has 224 valence electrons. The topological polar surface area (TPSA) is 241 Å². The summed E-state index contributed by atoms with van der Waals surface area (Å²) < 4.78 is 0. The van der Waals surface area contributed by atoms with E-state index in [1.54, 1.807) is 0 Å². The normalized spacial score (nSPS) is 12.9. The van der Waals surface area contributed by atoms with E-state index in [4.69, 9.17) is 22.9 Å². The molecule has 3 amide bonds. The van der Waals surface area contributed by atoms with Crippen molar-refractivity contribution >= 4 is 29.7 Å². The molecule has 0 aliphatic carbocycles. The van der Waals surface area contributed by atoms with Crippen LogP contribution in [0.25, 0.3) is 0 Å². The first-order valence-corrected chi connectivity index (χ1v) is 13.8. The van der Waals surface area contributed by atoms with Gasteiger partial charge in [0.2, 0.25) is 17.7 Å². The molecule has 0 radical (unpaired) electrons. The van der Waals surface area contributed by atoms with Crippen LogP contribution < -0.4 is 38.9 Å². The number of hydrogen-bond acceptors (Lipinski definition) is 7. The third-order valence-electron chi connectivity index (χ3n) is 6.18. The number of carboxylic acids is 1. The van der Waals surface area contributed by atoms with E-state index in [0.29, 0.717) is 64.5 Å². The zero-order valence-corrected chi connectivity index (χ0v) is 23.1. The molecule has 13 heteroatoms. The van der Waals surface area contributed by atoms with Crippen LogP contribution in [0.3, 0.4) is 0 Å². The second-order valence-electron chi connectivity index (χ2n) is 9.61. The molecule has 13 nitrogen and oxygen atoms in total. The maximum atomic E-state index is 13.2. The quantitative estimate of drug-likeness (QED) is 0.0544. The van der Waals surface area contributed by atoms with Gasteiger partial charge in [0.15, 0.2) is 12.0 Å². The van der Waals surface area contributed by atoms with Crippen molar-refractivity contribution in [3.63, 3.8) is 0 Å². The minimum atomic E-state index is -1.13. The summed E-state index contributed by atoms with van der Waals surface area (Å²) in [7, 11) is 0. The fourth-order valence-electron chi connectivity index (χ4n) is 4.04. The predicted octanol–water partition coefficient (Wildman–Crippen LogP) is -0.530. The second-order valence-corrected chi connectivity index (χ2v) is 9.61. The van der Waals surface area contributed by atoms with Crippen molar-refractivity contribution in [2.75, 3.05) is 19.6 Å². The Bertz CT molecular complexity index is 940. The maximum absolute atomic E-state index is 13.2. The van der Waals surface area contributed by atoms with Crippen LogP contribution in [0.4, 0.5) is 0 Å². The summed E-state index contributed by atoms with van der Waals surface area (Å²) in [5, 5.41) is 17.6. The summed E-state index contributed by atoms with van der Waals surface area (Å²) in [4.78, 5) is 53.8. The van der Waals surface area contributed by atoms with E-state index in [1.807, 2.05) is 30.3 Å². The lowest BCUT2D eigenvalue weighted by atomic mass is 10.0. The van der Waals surface area contributed by atoms with Crippen LogP contribution in [-0.2, 0) is 25.6 Å². The Balaban J connectivity index is 2.75. The number of aliphatic carboxylic acids is 1. The SMILES string of the molecule is NCCCC[C@H](NC(=O)Cc1ccccc1)C(=O)N[C@@H](CCCCN)C(=O)NCCCC[C@@H](N=C(N)N)C(=O)O. The molecule has 0 aromatic heterocycles. The molecular weight excluding hydrogens is 516 g/mol. The highest BCUT2D eigenvalue weighted by Crippen LogP contribution is 2.08. The third kappa shape index (κ3) is 15.0. The van der Waals surface area contributed by atoms with E-state index in [1.165, 1.54) is 0 Å². The fraction of sp³-hybridized carbons (Fsp3) is 0.593. The lowest BCUT2D eigenvalue weighted by Crippen LogP contribution is -2.54. The van der Waals surface area contributed by atoms with Gasteiger partial charge in [-0.3, -0.25) is 14.4 Å². The largest absolute Gasteiger partial charge is 0.480 e. The Hall–Kier alpha value is -3.71. The highest BCUT2D eigenvalue weighted by molar-refractivity contribution is 5.92. The number of nitrogens with two attached hydrogens (primary N) is 4. The van der Waals surface area contributed by atoms with Crippen molar-refractivity contribution in [2.24, 2.45) is 27.9 Å². The number of hydrogen-bond donors (Lipinski definition) is 8. The molecule has 0 saturated heterocycles.